The molecule has 0 aliphatic carbocycles. The van der Waals surface area contributed by atoms with Crippen molar-refractivity contribution in [2.75, 3.05) is 29.9 Å². The van der Waals surface area contributed by atoms with E-state index in [9.17, 15) is 26.8 Å². The van der Waals surface area contributed by atoms with Crippen LogP contribution in [0, 0.1) is 17.6 Å². The molecule has 0 aromatic heterocycles. The van der Waals surface area contributed by atoms with Crippen LogP contribution in [0.2, 0.25) is 0 Å². The van der Waals surface area contributed by atoms with Gasteiger partial charge in [0.25, 0.3) is 0 Å². The highest BCUT2D eigenvalue weighted by Crippen LogP contribution is 2.29. The van der Waals surface area contributed by atoms with Gasteiger partial charge in [-0.05, 0) is 49.2 Å². The summed E-state index contributed by atoms with van der Waals surface area (Å²) in [5, 5.41) is 2.69. The minimum Gasteiger partial charge on any atom is -0.326 e. The quantitative estimate of drug-likeness (QED) is 0.714. The van der Waals surface area contributed by atoms with E-state index in [1.165, 1.54) is 34.6 Å². The zero-order chi connectivity index (χ0) is 23.6. The summed E-state index contributed by atoms with van der Waals surface area (Å²) in [4.78, 5) is 26.3. The Labute approximate surface area is 191 Å². The largest absolute Gasteiger partial charge is 0.326 e. The van der Waals surface area contributed by atoms with Crippen LogP contribution in [-0.4, -0.2) is 44.2 Å². The number of rotatable bonds is 5. The van der Waals surface area contributed by atoms with Crippen molar-refractivity contribution < 1.29 is 26.8 Å². The summed E-state index contributed by atoms with van der Waals surface area (Å²) in [6.45, 7) is 0.970. The number of sulfonamides is 1. The molecule has 2 aliphatic rings. The highest BCUT2D eigenvalue weighted by atomic mass is 32.2. The van der Waals surface area contributed by atoms with E-state index in [1.807, 2.05) is 0 Å². The Morgan fingerprint density at radius 1 is 0.970 bits per heavy atom. The number of hydrogen-bond acceptors (Lipinski definition) is 4. The van der Waals surface area contributed by atoms with Gasteiger partial charge in [0.05, 0.1) is 16.5 Å². The molecular formula is C23H25F2N3O4S. The fraction of sp³-hybridized carbons (Fsp3) is 0.391. The summed E-state index contributed by atoms with van der Waals surface area (Å²) < 4.78 is 54.5. The van der Waals surface area contributed by atoms with Gasteiger partial charge in [0.1, 0.15) is 11.6 Å². The molecule has 2 amide bonds. The fourth-order valence-electron chi connectivity index (χ4n) is 4.20. The SMILES string of the molecule is O=C(Nc1ccc(S(=O)(=O)N2CCCCCC2)cc1)C1CC(=O)N(c2ccc(F)cc2F)C1. The second kappa shape index (κ2) is 9.56. The van der Waals surface area contributed by atoms with Gasteiger partial charge in [-0.1, -0.05) is 12.8 Å². The minimum atomic E-state index is -3.59. The van der Waals surface area contributed by atoms with E-state index in [4.69, 9.17) is 0 Å². The van der Waals surface area contributed by atoms with Crippen LogP contribution in [0.5, 0.6) is 0 Å². The molecule has 0 bridgehead atoms. The van der Waals surface area contributed by atoms with E-state index in [0.717, 1.165) is 36.6 Å². The fourth-order valence-corrected chi connectivity index (χ4v) is 5.72. The van der Waals surface area contributed by atoms with Crippen molar-refractivity contribution in [1.29, 1.82) is 0 Å². The topological polar surface area (TPSA) is 86.8 Å². The van der Waals surface area contributed by atoms with Gasteiger partial charge in [0.2, 0.25) is 21.8 Å². The van der Waals surface area contributed by atoms with Crippen molar-refractivity contribution >= 4 is 33.2 Å². The Hall–Kier alpha value is -2.85. The van der Waals surface area contributed by atoms with Crippen molar-refractivity contribution in [2.24, 2.45) is 5.92 Å². The van der Waals surface area contributed by atoms with Crippen LogP contribution < -0.4 is 10.2 Å². The van der Waals surface area contributed by atoms with Crippen molar-refractivity contribution in [1.82, 2.24) is 4.31 Å². The third kappa shape index (κ3) is 5.06. The van der Waals surface area contributed by atoms with Crippen LogP contribution in [0.4, 0.5) is 20.2 Å². The van der Waals surface area contributed by atoms with Gasteiger partial charge in [-0.3, -0.25) is 9.59 Å². The highest BCUT2D eigenvalue weighted by molar-refractivity contribution is 7.89. The van der Waals surface area contributed by atoms with Crippen molar-refractivity contribution in [2.45, 2.75) is 37.0 Å². The Balaban J connectivity index is 1.41. The number of carbonyl (C=O) groups excluding carboxylic acids is 2. The number of nitrogens with zero attached hydrogens (tertiary/aromatic N) is 2. The van der Waals surface area contributed by atoms with E-state index in [0.29, 0.717) is 24.8 Å². The molecule has 1 atom stereocenters. The van der Waals surface area contributed by atoms with E-state index in [1.54, 1.807) is 0 Å². The van der Waals surface area contributed by atoms with Gasteiger partial charge < -0.3 is 10.2 Å². The number of hydrogen-bond donors (Lipinski definition) is 1. The molecule has 2 fully saturated rings. The maximum atomic E-state index is 14.1. The molecule has 4 rings (SSSR count). The number of benzene rings is 2. The molecule has 2 heterocycles. The molecule has 0 spiro atoms. The Bertz CT molecular complexity index is 1150. The van der Waals surface area contributed by atoms with Crippen molar-refractivity contribution in [3.05, 3.63) is 54.1 Å². The molecule has 10 heteroatoms. The zero-order valence-electron chi connectivity index (χ0n) is 18.0. The molecule has 2 aromatic carbocycles. The molecule has 1 N–H and O–H groups in total. The van der Waals surface area contributed by atoms with E-state index < -0.39 is 39.4 Å². The van der Waals surface area contributed by atoms with Gasteiger partial charge in [-0.25, -0.2) is 17.2 Å². The van der Waals surface area contributed by atoms with Crippen LogP contribution in [-0.2, 0) is 19.6 Å². The maximum Gasteiger partial charge on any atom is 0.243 e. The van der Waals surface area contributed by atoms with E-state index >= 15 is 0 Å². The number of nitrogens with one attached hydrogen (secondary N) is 1. The Morgan fingerprint density at radius 2 is 1.64 bits per heavy atom. The monoisotopic (exact) mass is 477 g/mol. The summed E-state index contributed by atoms with van der Waals surface area (Å²) >= 11 is 0. The van der Waals surface area contributed by atoms with Crippen molar-refractivity contribution in [3.63, 3.8) is 0 Å². The summed E-state index contributed by atoms with van der Waals surface area (Å²) in [5.74, 6) is -3.21. The first-order valence-corrected chi connectivity index (χ1v) is 12.4. The lowest BCUT2D eigenvalue weighted by Crippen LogP contribution is -2.32. The molecule has 0 saturated carbocycles. The van der Waals surface area contributed by atoms with Gasteiger partial charge in [-0.2, -0.15) is 4.31 Å². The average molecular weight is 478 g/mol. The number of halogens is 2. The lowest BCUT2D eigenvalue weighted by molar-refractivity contribution is -0.122. The molecule has 1 unspecified atom stereocenters. The first-order valence-electron chi connectivity index (χ1n) is 10.9. The maximum absolute atomic E-state index is 14.1. The van der Waals surface area contributed by atoms with E-state index in [2.05, 4.69) is 5.32 Å². The van der Waals surface area contributed by atoms with E-state index in [-0.39, 0.29) is 23.5 Å². The second-order valence-corrected chi connectivity index (χ2v) is 10.3. The molecule has 0 radical (unpaired) electrons. The third-order valence-electron chi connectivity index (χ3n) is 6.02. The van der Waals surface area contributed by atoms with Gasteiger partial charge in [0.15, 0.2) is 0 Å². The first-order chi connectivity index (χ1) is 15.8. The van der Waals surface area contributed by atoms with Crippen molar-refractivity contribution in [3.8, 4) is 0 Å². The third-order valence-corrected chi connectivity index (χ3v) is 7.93. The summed E-state index contributed by atoms with van der Waals surface area (Å²) in [6, 6.07) is 8.85. The molecule has 2 aliphatic heterocycles. The summed E-state index contributed by atoms with van der Waals surface area (Å²) in [6.07, 6.45) is 3.61. The summed E-state index contributed by atoms with van der Waals surface area (Å²) in [7, 11) is -3.59. The predicted octanol–water partition coefficient (Wildman–Crippen LogP) is 3.52. The van der Waals surface area contributed by atoms with Crippen LogP contribution >= 0.6 is 0 Å². The van der Waals surface area contributed by atoms with Gasteiger partial charge >= 0.3 is 0 Å². The first kappa shape index (κ1) is 23.3. The number of carbonyl (C=O) groups is 2. The molecule has 2 saturated heterocycles. The molecule has 2 aromatic rings. The summed E-state index contributed by atoms with van der Waals surface area (Å²) in [5.41, 5.74) is 0.327. The molecular weight excluding hydrogens is 452 g/mol. The molecule has 7 nitrogen and oxygen atoms in total. The Kier molecular flexibility index (Phi) is 6.76. The normalized spacial score (nSPS) is 20.0. The zero-order valence-corrected chi connectivity index (χ0v) is 18.8. The predicted molar refractivity (Wildman–Crippen MR) is 119 cm³/mol. The lowest BCUT2D eigenvalue weighted by atomic mass is 10.1. The Morgan fingerprint density at radius 3 is 2.27 bits per heavy atom. The number of amides is 2. The van der Waals surface area contributed by atoms with Crippen LogP contribution in [0.3, 0.4) is 0 Å². The minimum absolute atomic E-state index is 0.0331. The highest BCUT2D eigenvalue weighted by Gasteiger charge is 2.36. The van der Waals surface area contributed by atoms with Crippen LogP contribution in [0.1, 0.15) is 32.1 Å². The van der Waals surface area contributed by atoms with Crippen LogP contribution in [0.25, 0.3) is 0 Å². The standard InChI is InChI=1S/C23H25F2N3O4S/c24-17-5-10-21(20(25)14-17)28-15-16(13-22(28)29)23(30)26-18-6-8-19(9-7-18)33(31,32)27-11-3-1-2-4-12-27/h5-10,14,16H,1-4,11-13,15H2,(H,26,30). The van der Waals surface area contributed by atoms with Gasteiger partial charge in [-0.15, -0.1) is 0 Å². The van der Waals surface area contributed by atoms with Gasteiger partial charge in [0, 0.05) is 37.8 Å². The second-order valence-electron chi connectivity index (χ2n) is 8.33. The average Bonchev–Trinajstić information content (AvgIpc) is 2.98. The smallest absolute Gasteiger partial charge is 0.243 e. The molecule has 33 heavy (non-hydrogen) atoms. The van der Waals surface area contributed by atoms with Crippen LogP contribution in [0.15, 0.2) is 47.4 Å². The lowest BCUT2D eigenvalue weighted by Gasteiger charge is -2.20. The number of anilines is 2. The molecule has 176 valence electrons.